The quantitative estimate of drug-likeness (QED) is 0.594. The molecule has 0 spiro atoms. The Morgan fingerprint density at radius 3 is 2.61 bits per heavy atom. The molecule has 1 aliphatic carbocycles. The summed E-state index contributed by atoms with van der Waals surface area (Å²) in [5, 5.41) is 17.2. The van der Waals surface area contributed by atoms with Crippen LogP contribution < -0.4 is 10.9 Å². The number of carbonyl (C=O) groups is 1. The van der Waals surface area contributed by atoms with Crippen LogP contribution in [-0.4, -0.2) is 20.6 Å². The molecule has 1 N–H and O–H groups in total. The summed E-state index contributed by atoms with van der Waals surface area (Å²) in [5.41, 5.74) is -3.49. The Labute approximate surface area is 160 Å². The summed E-state index contributed by atoms with van der Waals surface area (Å²) in [6.45, 7) is -0.831. The second-order valence-electron chi connectivity index (χ2n) is 6.18. The van der Waals surface area contributed by atoms with Gasteiger partial charge in [-0.25, -0.2) is 4.68 Å². The Bertz CT molecular complexity index is 1020. The lowest BCUT2D eigenvalue weighted by atomic mass is 10.2. The lowest BCUT2D eigenvalue weighted by Crippen LogP contribution is -2.35. The standard InChI is InChI=1S/C16H12ClF3N4O4/c17-9-3-4-11(13(5-9)24(27)28)21-14(25)7-23-15(26)10(16(18,19)20)6-12(22-23)8-1-2-8/h3-6,8H,1-2,7H2,(H,21,25). The molecule has 0 saturated heterocycles. The molecule has 2 aromatic rings. The van der Waals surface area contributed by atoms with Crippen LogP contribution in [0.4, 0.5) is 24.5 Å². The third-order valence-corrected chi connectivity index (χ3v) is 4.25. The first-order chi connectivity index (χ1) is 13.1. The van der Waals surface area contributed by atoms with Crippen molar-refractivity contribution >= 4 is 28.9 Å². The Morgan fingerprint density at radius 2 is 2.04 bits per heavy atom. The Hall–Kier alpha value is -2.95. The van der Waals surface area contributed by atoms with Gasteiger partial charge in [0.05, 0.1) is 10.6 Å². The van der Waals surface area contributed by atoms with Gasteiger partial charge in [-0.2, -0.15) is 18.3 Å². The van der Waals surface area contributed by atoms with E-state index in [2.05, 4.69) is 10.4 Å². The second kappa shape index (κ2) is 7.23. The van der Waals surface area contributed by atoms with Gasteiger partial charge >= 0.3 is 6.18 Å². The number of halogens is 4. The summed E-state index contributed by atoms with van der Waals surface area (Å²) in [6, 6.07) is 4.19. The maximum absolute atomic E-state index is 13.1. The molecule has 148 valence electrons. The number of nitrogens with zero attached hydrogens (tertiary/aromatic N) is 3. The zero-order valence-electron chi connectivity index (χ0n) is 14.0. The molecule has 3 rings (SSSR count). The molecule has 1 heterocycles. The van der Waals surface area contributed by atoms with Gasteiger partial charge in [-0.15, -0.1) is 0 Å². The molecule has 28 heavy (non-hydrogen) atoms. The molecule has 1 saturated carbocycles. The van der Waals surface area contributed by atoms with E-state index in [1.165, 1.54) is 12.1 Å². The van der Waals surface area contributed by atoms with Gasteiger partial charge in [-0.05, 0) is 31.0 Å². The third-order valence-electron chi connectivity index (χ3n) is 4.02. The monoisotopic (exact) mass is 416 g/mol. The molecule has 8 nitrogen and oxygen atoms in total. The van der Waals surface area contributed by atoms with Crippen molar-refractivity contribution in [2.75, 3.05) is 5.32 Å². The first-order valence-corrected chi connectivity index (χ1v) is 8.37. The van der Waals surface area contributed by atoms with Crippen molar-refractivity contribution in [3.05, 3.63) is 61.0 Å². The summed E-state index contributed by atoms with van der Waals surface area (Å²) in [4.78, 5) is 34.6. The molecule has 12 heteroatoms. The molecule has 1 aromatic carbocycles. The number of amides is 1. The number of benzene rings is 1. The van der Waals surface area contributed by atoms with Crippen molar-refractivity contribution in [1.82, 2.24) is 9.78 Å². The number of nitro groups is 1. The van der Waals surface area contributed by atoms with E-state index in [4.69, 9.17) is 11.6 Å². The fraction of sp³-hybridized carbons (Fsp3) is 0.312. The molecule has 1 aliphatic rings. The van der Waals surface area contributed by atoms with Gasteiger partial charge in [-0.1, -0.05) is 11.6 Å². The van der Waals surface area contributed by atoms with Crippen LogP contribution in [0.2, 0.25) is 5.02 Å². The summed E-state index contributed by atoms with van der Waals surface area (Å²) >= 11 is 5.68. The predicted molar refractivity (Wildman–Crippen MR) is 92.2 cm³/mol. The van der Waals surface area contributed by atoms with Crippen LogP contribution in [0, 0.1) is 10.1 Å². The number of hydrogen-bond donors (Lipinski definition) is 1. The number of carbonyl (C=O) groups excluding carboxylic acids is 1. The van der Waals surface area contributed by atoms with Crippen LogP contribution in [0.3, 0.4) is 0 Å². The fourth-order valence-corrected chi connectivity index (χ4v) is 2.70. The van der Waals surface area contributed by atoms with E-state index in [0.29, 0.717) is 23.6 Å². The minimum Gasteiger partial charge on any atom is -0.319 e. The maximum Gasteiger partial charge on any atom is 0.421 e. The van der Waals surface area contributed by atoms with E-state index in [0.717, 1.165) is 6.07 Å². The summed E-state index contributed by atoms with van der Waals surface area (Å²) < 4.78 is 39.8. The summed E-state index contributed by atoms with van der Waals surface area (Å²) in [5.74, 6) is -1.13. The Kier molecular flexibility index (Phi) is 5.11. The maximum atomic E-state index is 13.1. The highest BCUT2D eigenvalue weighted by Gasteiger charge is 2.37. The number of aromatic nitrogens is 2. The zero-order chi connectivity index (χ0) is 20.6. The number of alkyl halides is 3. The average molecular weight is 417 g/mol. The minimum atomic E-state index is -4.89. The van der Waals surface area contributed by atoms with E-state index in [-0.39, 0.29) is 22.3 Å². The molecule has 0 bridgehead atoms. The van der Waals surface area contributed by atoms with Gasteiger partial charge in [-0.3, -0.25) is 19.7 Å². The molecule has 0 aliphatic heterocycles. The van der Waals surface area contributed by atoms with Crippen molar-refractivity contribution in [1.29, 1.82) is 0 Å². The van der Waals surface area contributed by atoms with E-state index in [1.807, 2.05) is 0 Å². The molecule has 1 fully saturated rings. The largest absolute Gasteiger partial charge is 0.421 e. The van der Waals surface area contributed by atoms with Crippen LogP contribution in [0.5, 0.6) is 0 Å². The van der Waals surface area contributed by atoms with Gasteiger partial charge in [0.2, 0.25) is 5.91 Å². The van der Waals surface area contributed by atoms with Crippen molar-refractivity contribution in [2.45, 2.75) is 31.5 Å². The highest BCUT2D eigenvalue weighted by atomic mass is 35.5. The summed E-state index contributed by atoms with van der Waals surface area (Å²) in [7, 11) is 0. The highest BCUT2D eigenvalue weighted by molar-refractivity contribution is 6.31. The number of hydrogen-bond acceptors (Lipinski definition) is 5. The smallest absolute Gasteiger partial charge is 0.319 e. The minimum absolute atomic E-state index is 0.0644. The molecule has 1 aromatic heterocycles. The van der Waals surface area contributed by atoms with E-state index < -0.39 is 40.4 Å². The van der Waals surface area contributed by atoms with Crippen molar-refractivity contribution < 1.29 is 22.9 Å². The molecular formula is C16H12ClF3N4O4. The lowest BCUT2D eigenvalue weighted by Gasteiger charge is -2.12. The van der Waals surface area contributed by atoms with Crippen LogP contribution >= 0.6 is 11.6 Å². The highest BCUT2D eigenvalue weighted by Crippen LogP contribution is 2.40. The lowest BCUT2D eigenvalue weighted by molar-refractivity contribution is -0.383. The average Bonchev–Trinajstić information content (AvgIpc) is 3.42. The topological polar surface area (TPSA) is 107 Å². The predicted octanol–water partition coefficient (Wildman–Crippen LogP) is 3.34. The van der Waals surface area contributed by atoms with Crippen LogP contribution in [0.15, 0.2) is 29.1 Å². The zero-order valence-corrected chi connectivity index (χ0v) is 14.8. The first-order valence-electron chi connectivity index (χ1n) is 7.99. The van der Waals surface area contributed by atoms with Gasteiger partial charge in [0.15, 0.2) is 0 Å². The first kappa shape index (κ1) is 19.8. The van der Waals surface area contributed by atoms with Gasteiger partial charge in [0.1, 0.15) is 17.8 Å². The SMILES string of the molecule is O=C(Cn1nc(C2CC2)cc(C(F)(F)F)c1=O)Nc1ccc(Cl)cc1[N+](=O)[O-]. The Balaban J connectivity index is 1.90. The summed E-state index contributed by atoms with van der Waals surface area (Å²) in [6.07, 6.45) is -3.60. The third kappa shape index (κ3) is 4.30. The van der Waals surface area contributed by atoms with Gasteiger partial charge < -0.3 is 5.32 Å². The normalized spacial score (nSPS) is 14.0. The van der Waals surface area contributed by atoms with E-state index in [1.54, 1.807) is 0 Å². The van der Waals surface area contributed by atoms with Crippen LogP contribution in [0.1, 0.15) is 30.0 Å². The van der Waals surface area contributed by atoms with Crippen molar-refractivity contribution in [3.8, 4) is 0 Å². The van der Waals surface area contributed by atoms with Crippen LogP contribution in [0.25, 0.3) is 0 Å². The second-order valence-corrected chi connectivity index (χ2v) is 6.62. The van der Waals surface area contributed by atoms with Gasteiger partial charge in [0, 0.05) is 17.0 Å². The number of anilines is 1. The number of nitro benzene ring substituents is 1. The fourth-order valence-electron chi connectivity index (χ4n) is 2.54. The van der Waals surface area contributed by atoms with Crippen molar-refractivity contribution in [3.63, 3.8) is 0 Å². The molecule has 0 unspecified atom stereocenters. The van der Waals surface area contributed by atoms with Gasteiger partial charge in [0.25, 0.3) is 11.2 Å². The number of nitrogens with one attached hydrogen (secondary N) is 1. The van der Waals surface area contributed by atoms with E-state index >= 15 is 0 Å². The molecule has 0 radical (unpaired) electrons. The molecule has 0 atom stereocenters. The molecule has 1 amide bonds. The number of rotatable bonds is 5. The van der Waals surface area contributed by atoms with Crippen molar-refractivity contribution in [2.24, 2.45) is 0 Å². The van der Waals surface area contributed by atoms with E-state index in [9.17, 15) is 32.9 Å². The molecular weight excluding hydrogens is 405 g/mol. The van der Waals surface area contributed by atoms with Crippen LogP contribution in [-0.2, 0) is 17.5 Å². The Morgan fingerprint density at radius 1 is 1.36 bits per heavy atom.